The summed E-state index contributed by atoms with van der Waals surface area (Å²) in [5.41, 5.74) is -1.94. The first-order valence-corrected chi connectivity index (χ1v) is 22.4. The zero-order chi connectivity index (χ0) is 46.0. The second-order valence-corrected chi connectivity index (χ2v) is 17.7. The Kier molecular flexibility index (Phi) is 16.5. The second-order valence-electron chi connectivity index (χ2n) is 11.5. The van der Waals surface area contributed by atoms with Crippen LogP contribution >= 0.6 is 24.4 Å². The lowest BCUT2D eigenvalue weighted by molar-refractivity contribution is -0.592. The molecular formula is C30H26F2N8O18S5. The fraction of sp³-hybridized carbons (Fsp3) is 0.133. The first-order chi connectivity index (χ1) is 29.8. The van der Waals surface area contributed by atoms with E-state index in [0.717, 1.165) is 36.4 Å². The molecule has 5 aromatic rings. The molecule has 0 bridgehead atoms. The average Bonchev–Trinajstić information content (AvgIpc) is 3.21. The van der Waals surface area contributed by atoms with Crippen LogP contribution in [0.25, 0.3) is 10.8 Å². The van der Waals surface area contributed by atoms with Crippen LogP contribution in [0, 0.1) is 12.0 Å². The molecular weight excluding hydrogens is 959 g/mol. The average molecular weight is 985 g/mol. The van der Waals surface area contributed by atoms with Gasteiger partial charge in [-0.05, 0) is 64.7 Å². The number of hydrogen-bond acceptors (Lipinski definition) is 26. The SMILES string of the molecule is COc1ccc(S(=O)(=O)CCOSOOOO)cc1N=Nc1c(SOOO)cc2c(N=Nc3cc(Nc4cc(F)nc(F)n4)ccc3S(=O)(=O)O)c(NCS(=O)(=O)O)ccc2c1O. The molecule has 0 amide bonds. The summed E-state index contributed by atoms with van der Waals surface area (Å²) in [6.07, 6.45) is -1.44. The van der Waals surface area contributed by atoms with Crippen LogP contribution < -0.4 is 15.4 Å². The lowest BCUT2D eigenvalue weighted by atomic mass is 10.1. The predicted molar refractivity (Wildman–Crippen MR) is 211 cm³/mol. The summed E-state index contributed by atoms with van der Waals surface area (Å²) in [6, 6.07) is 10.6. The Hall–Kier alpha value is -5.37. The van der Waals surface area contributed by atoms with Crippen molar-refractivity contribution in [3.05, 3.63) is 72.7 Å². The topological polar surface area (TPSA) is 367 Å². The van der Waals surface area contributed by atoms with E-state index in [1.807, 2.05) is 0 Å². The van der Waals surface area contributed by atoms with Gasteiger partial charge in [0.1, 0.15) is 45.1 Å². The van der Waals surface area contributed by atoms with Gasteiger partial charge in [-0.3, -0.25) is 13.3 Å². The van der Waals surface area contributed by atoms with Gasteiger partial charge >= 0.3 is 6.08 Å². The highest BCUT2D eigenvalue weighted by Crippen LogP contribution is 2.49. The molecule has 63 heavy (non-hydrogen) atoms. The molecule has 0 saturated heterocycles. The number of ether oxygens (including phenoxy) is 1. The van der Waals surface area contributed by atoms with Crippen molar-refractivity contribution < 1.29 is 91.5 Å². The highest BCUT2D eigenvalue weighted by molar-refractivity contribution is 7.94. The number of benzene rings is 4. The number of azo groups is 2. The lowest BCUT2D eigenvalue weighted by Crippen LogP contribution is -2.13. The molecule has 0 aliphatic heterocycles. The molecule has 1 heterocycles. The Morgan fingerprint density at radius 2 is 1.56 bits per heavy atom. The maximum Gasteiger partial charge on any atom is 0.313 e. The highest BCUT2D eigenvalue weighted by Gasteiger charge is 2.23. The maximum atomic E-state index is 13.7. The number of halogens is 2. The number of methoxy groups -OCH3 is 1. The van der Waals surface area contributed by atoms with Crippen LogP contribution in [0.5, 0.6) is 11.5 Å². The Balaban J connectivity index is 1.63. The van der Waals surface area contributed by atoms with Crippen molar-refractivity contribution in [1.82, 2.24) is 9.97 Å². The van der Waals surface area contributed by atoms with Crippen LogP contribution in [-0.4, -0.2) is 85.3 Å². The number of nitrogens with zero attached hydrogens (tertiary/aromatic N) is 6. The van der Waals surface area contributed by atoms with Gasteiger partial charge in [-0.15, -0.1) is 29.1 Å². The van der Waals surface area contributed by atoms with Gasteiger partial charge in [0.2, 0.25) is 5.95 Å². The van der Waals surface area contributed by atoms with Crippen molar-refractivity contribution in [1.29, 1.82) is 0 Å². The highest BCUT2D eigenvalue weighted by atomic mass is 32.2. The van der Waals surface area contributed by atoms with Gasteiger partial charge in [0.05, 0.1) is 47.0 Å². The van der Waals surface area contributed by atoms with Crippen LogP contribution in [0.15, 0.2) is 95.8 Å². The van der Waals surface area contributed by atoms with Crippen molar-refractivity contribution >= 4 is 105 Å². The Bertz CT molecular complexity index is 2860. The molecule has 4 aromatic carbocycles. The number of phenolic OH excluding ortho intramolecular Hbond substituents is 1. The number of fused-ring (bicyclic) bond motifs is 1. The molecule has 0 unspecified atom stereocenters. The van der Waals surface area contributed by atoms with E-state index in [9.17, 15) is 48.2 Å². The van der Waals surface area contributed by atoms with E-state index in [1.165, 1.54) is 25.3 Å². The number of nitrogens with one attached hydrogen (secondary N) is 2. The van der Waals surface area contributed by atoms with Crippen molar-refractivity contribution in [2.24, 2.45) is 20.5 Å². The molecule has 5 rings (SSSR count). The number of anilines is 3. The quantitative estimate of drug-likeness (QED) is 0.00545. The monoisotopic (exact) mass is 984 g/mol. The first kappa shape index (κ1) is 48.7. The summed E-state index contributed by atoms with van der Waals surface area (Å²) < 4.78 is 140. The standard InChI is InChI=1S/C30H26F2N8O18S5/c1-52-22-6-3-16(61(44,45)9-8-53-60-58-56-54-42)11-20(22)37-40-28-23(59-57-55-43)12-18-17(29(28)41)4-5-19(33-14-62(46,47)48)27(18)39-38-21-10-15(2-7-24(21)63(49,50)51)34-26-13-25(31)35-30(32)36-26/h2-7,10-13,33,41-43H,8-9,14H2,1H3,(H,34,35,36)(H,46,47,48)(H,49,50,51). The summed E-state index contributed by atoms with van der Waals surface area (Å²) in [6.45, 7) is -0.433. The van der Waals surface area contributed by atoms with Gasteiger partial charge in [-0.1, -0.05) is 5.04 Å². The second kappa shape index (κ2) is 21.3. The molecule has 0 aliphatic carbocycles. The number of aromatic hydroxyl groups is 1. The first-order valence-electron chi connectivity index (χ1n) is 16.3. The summed E-state index contributed by atoms with van der Waals surface area (Å²) in [5.74, 6) is -4.10. The molecule has 0 radical (unpaired) electrons. The van der Waals surface area contributed by atoms with Gasteiger partial charge in [-0.2, -0.15) is 35.6 Å². The normalized spacial score (nSPS) is 12.4. The van der Waals surface area contributed by atoms with Crippen molar-refractivity contribution in [2.75, 3.05) is 36.0 Å². The summed E-state index contributed by atoms with van der Waals surface area (Å²) in [7, 11) is -12.6. The van der Waals surface area contributed by atoms with Crippen LogP contribution in [0.2, 0.25) is 0 Å². The van der Waals surface area contributed by atoms with Crippen LogP contribution in [0.3, 0.4) is 0 Å². The summed E-state index contributed by atoms with van der Waals surface area (Å²) in [4.78, 5) is 4.87. The molecule has 26 nitrogen and oxygen atoms in total. The molecule has 7 N–H and O–H groups in total. The number of rotatable bonds is 22. The third-order valence-electron chi connectivity index (χ3n) is 7.58. The van der Waals surface area contributed by atoms with Crippen molar-refractivity contribution in [3.63, 3.8) is 0 Å². The molecule has 0 atom stereocenters. The fourth-order valence-electron chi connectivity index (χ4n) is 5.02. The van der Waals surface area contributed by atoms with Crippen molar-refractivity contribution in [3.8, 4) is 11.5 Å². The molecule has 0 saturated carbocycles. The van der Waals surface area contributed by atoms with E-state index in [0.29, 0.717) is 6.07 Å². The minimum atomic E-state index is -5.05. The van der Waals surface area contributed by atoms with Gasteiger partial charge in [0.25, 0.3) is 20.2 Å². The minimum Gasteiger partial charge on any atom is -0.505 e. The number of hydrogen-bond donors (Lipinski definition) is 7. The molecule has 1 aromatic heterocycles. The van der Waals surface area contributed by atoms with E-state index >= 15 is 0 Å². The predicted octanol–water partition coefficient (Wildman–Crippen LogP) is 6.84. The van der Waals surface area contributed by atoms with Gasteiger partial charge in [-0.25, -0.2) is 18.9 Å². The smallest absolute Gasteiger partial charge is 0.313 e. The zero-order valence-electron chi connectivity index (χ0n) is 30.9. The Labute approximate surface area is 360 Å². The lowest BCUT2D eigenvalue weighted by Gasteiger charge is -2.14. The largest absolute Gasteiger partial charge is 0.505 e. The van der Waals surface area contributed by atoms with Crippen LogP contribution in [0.4, 0.5) is 48.7 Å². The summed E-state index contributed by atoms with van der Waals surface area (Å²) in [5, 5.41) is 59.9. The number of sulfone groups is 1. The molecule has 0 fully saturated rings. The number of phenols is 1. The van der Waals surface area contributed by atoms with Crippen LogP contribution in [-0.2, 0) is 58.0 Å². The minimum absolute atomic E-state index is 0.000584. The number of aromatic nitrogens is 2. The fourth-order valence-corrected chi connectivity index (χ4v) is 7.89. The van der Waals surface area contributed by atoms with E-state index in [4.69, 9.17) is 19.4 Å². The van der Waals surface area contributed by atoms with E-state index in [1.54, 1.807) is 0 Å². The van der Waals surface area contributed by atoms with E-state index in [-0.39, 0.29) is 73.4 Å². The molecule has 0 aliphatic rings. The Morgan fingerprint density at radius 1 is 0.810 bits per heavy atom. The van der Waals surface area contributed by atoms with E-state index < -0.39 is 88.2 Å². The molecule has 33 heteroatoms. The summed E-state index contributed by atoms with van der Waals surface area (Å²) >= 11 is 0.375. The van der Waals surface area contributed by atoms with Gasteiger partial charge in [0.15, 0.2) is 27.9 Å². The van der Waals surface area contributed by atoms with Crippen LogP contribution in [0.1, 0.15) is 0 Å². The zero-order valence-corrected chi connectivity index (χ0v) is 35.0. The maximum absolute atomic E-state index is 13.7. The van der Waals surface area contributed by atoms with Crippen molar-refractivity contribution in [2.45, 2.75) is 14.7 Å². The van der Waals surface area contributed by atoms with Gasteiger partial charge in [0, 0.05) is 22.5 Å². The van der Waals surface area contributed by atoms with E-state index in [2.05, 4.69) is 64.8 Å². The Morgan fingerprint density at radius 3 is 2.24 bits per heavy atom. The molecule has 338 valence electrons. The third kappa shape index (κ3) is 13.3. The third-order valence-corrected chi connectivity index (χ3v) is 11.7. The van der Waals surface area contributed by atoms with Gasteiger partial charge < -0.3 is 20.5 Å². The molecule has 0 spiro atoms.